The van der Waals surface area contributed by atoms with E-state index >= 15 is 0 Å². The molecule has 0 aliphatic carbocycles. The number of aryl methyl sites for hydroxylation is 1. The van der Waals surface area contributed by atoms with Gasteiger partial charge in [0.15, 0.2) is 11.8 Å². The molecule has 0 radical (unpaired) electrons. The highest BCUT2D eigenvalue weighted by Gasteiger charge is 2.39. The average molecular weight is 428 g/mol. The van der Waals surface area contributed by atoms with Crippen molar-refractivity contribution in [1.82, 2.24) is 24.8 Å². The highest BCUT2D eigenvalue weighted by atomic mass is 35.5. The molecule has 0 saturated carbocycles. The van der Waals surface area contributed by atoms with Crippen LogP contribution >= 0.6 is 11.6 Å². The lowest BCUT2D eigenvalue weighted by Crippen LogP contribution is -2.53. The van der Waals surface area contributed by atoms with Gasteiger partial charge in [-0.3, -0.25) is 14.0 Å². The maximum Gasteiger partial charge on any atom is 0.251 e. The van der Waals surface area contributed by atoms with Gasteiger partial charge in [-0.15, -0.1) is 10.2 Å². The van der Waals surface area contributed by atoms with Gasteiger partial charge in [0, 0.05) is 31.2 Å². The van der Waals surface area contributed by atoms with Crippen LogP contribution in [0.3, 0.4) is 0 Å². The lowest BCUT2D eigenvalue weighted by molar-refractivity contribution is -0.162. The second-order valence-electron chi connectivity index (χ2n) is 7.17. The summed E-state index contributed by atoms with van der Waals surface area (Å²) in [6.45, 7) is 0.343. The van der Waals surface area contributed by atoms with Crippen molar-refractivity contribution in [2.24, 2.45) is 0 Å². The van der Waals surface area contributed by atoms with Gasteiger partial charge in [0.05, 0.1) is 6.04 Å². The first-order valence-corrected chi connectivity index (χ1v) is 10.1. The van der Waals surface area contributed by atoms with Crippen LogP contribution in [0.2, 0.25) is 5.02 Å². The van der Waals surface area contributed by atoms with Crippen LogP contribution in [-0.2, 0) is 20.7 Å². The van der Waals surface area contributed by atoms with Crippen molar-refractivity contribution in [1.29, 1.82) is 0 Å². The maximum atomic E-state index is 12.8. The van der Waals surface area contributed by atoms with Gasteiger partial charge in [-0.2, -0.15) is 0 Å². The van der Waals surface area contributed by atoms with Crippen molar-refractivity contribution in [3.8, 4) is 0 Å². The predicted molar refractivity (Wildman–Crippen MR) is 111 cm³/mol. The smallest absolute Gasteiger partial charge is 0.251 e. The summed E-state index contributed by atoms with van der Waals surface area (Å²) >= 11 is 5.98. The zero-order chi connectivity index (χ0) is 21.1. The Labute approximate surface area is 178 Å². The number of halogens is 1. The van der Waals surface area contributed by atoms with Crippen molar-refractivity contribution in [3.63, 3.8) is 0 Å². The number of fused-ring (bicyclic) bond motifs is 1. The summed E-state index contributed by atoms with van der Waals surface area (Å²) < 4.78 is 7.55. The molecule has 156 valence electrons. The molecular weight excluding hydrogens is 406 g/mol. The summed E-state index contributed by atoms with van der Waals surface area (Å²) in [6, 6.07) is 12.3. The SMILES string of the molecule is CN1C(=O)COC(C(=O)NCCCc2nnc3ccccn23)C1c1ccc(Cl)cc1. The molecule has 30 heavy (non-hydrogen) atoms. The molecule has 9 heteroatoms. The topological polar surface area (TPSA) is 88.8 Å². The lowest BCUT2D eigenvalue weighted by Gasteiger charge is -2.38. The number of carbonyl (C=O) groups excluding carboxylic acids is 2. The molecule has 2 amide bonds. The molecule has 1 aromatic carbocycles. The fourth-order valence-corrected chi connectivity index (χ4v) is 3.74. The largest absolute Gasteiger partial charge is 0.356 e. The second-order valence-corrected chi connectivity index (χ2v) is 7.61. The van der Waals surface area contributed by atoms with E-state index in [1.165, 1.54) is 0 Å². The van der Waals surface area contributed by atoms with Gasteiger partial charge in [-0.25, -0.2) is 0 Å². The number of nitrogens with one attached hydrogen (secondary N) is 1. The van der Waals surface area contributed by atoms with Gasteiger partial charge in [-0.1, -0.05) is 29.8 Å². The summed E-state index contributed by atoms with van der Waals surface area (Å²) in [7, 11) is 1.68. The molecule has 0 spiro atoms. The van der Waals surface area contributed by atoms with Crippen LogP contribution in [0.4, 0.5) is 0 Å². The van der Waals surface area contributed by atoms with Crippen molar-refractivity contribution < 1.29 is 14.3 Å². The minimum absolute atomic E-state index is 0.121. The van der Waals surface area contributed by atoms with Crippen molar-refractivity contribution in [2.75, 3.05) is 20.2 Å². The summed E-state index contributed by atoms with van der Waals surface area (Å²) in [5.41, 5.74) is 1.59. The highest BCUT2D eigenvalue weighted by Crippen LogP contribution is 2.30. The number of pyridine rings is 1. The first-order chi connectivity index (χ1) is 14.5. The summed E-state index contributed by atoms with van der Waals surface area (Å²) in [5, 5.41) is 11.8. The third kappa shape index (κ3) is 4.15. The summed E-state index contributed by atoms with van der Waals surface area (Å²) in [5.74, 6) is 0.427. The number of benzene rings is 1. The van der Waals surface area contributed by atoms with E-state index in [1.54, 1.807) is 24.1 Å². The molecule has 1 fully saturated rings. The monoisotopic (exact) mass is 427 g/mol. The normalized spacial score (nSPS) is 19.3. The van der Waals surface area contributed by atoms with E-state index in [0.717, 1.165) is 17.0 Å². The number of hydrogen-bond acceptors (Lipinski definition) is 5. The van der Waals surface area contributed by atoms with Gasteiger partial charge in [0.25, 0.3) is 5.91 Å². The molecule has 2 unspecified atom stereocenters. The standard InChI is InChI=1S/C21H22ClN5O3/c1-26-18(28)13-30-20(19(26)14-7-9-15(22)10-8-14)21(29)23-11-4-6-17-25-24-16-5-2-3-12-27(16)17/h2-3,5,7-10,12,19-20H,4,6,11,13H2,1H3,(H,23,29). The number of likely N-dealkylation sites (N-methyl/N-ethyl adjacent to an activating group) is 1. The minimum atomic E-state index is -0.789. The van der Waals surface area contributed by atoms with Crippen LogP contribution in [0.25, 0.3) is 5.65 Å². The number of morpholine rings is 1. The van der Waals surface area contributed by atoms with Crippen molar-refractivity contribution in [3.05, 3.63) is 65.1 Å². The van der Waals surface area contributed by atoms with Gasteiger partial charge >= 0.3 is 0 Å². The van der Waals surface area contributed by atoms with E-state index in [2.05, 4.69) is 15.5 Å². The van der Waals surface area contributed by atoms with Crippen LogP contribution in [0.15, 0.2) is 48.7 Å². The molecule has 2 atom stereocenters. The number of ether oxygens (including phenoxy) is 1. The average Bonchev–Trinajstić information content (AvgIpc) is 3.17. The molecule has 1 N–H and O–H groups in total. The van der Waals surface area contributed by atoms with E-state index in [0.29, 0.717) is 24.4 Å². The fourth-order valence-electron chi connectivity index (χ4n) is 3.61. The minimum Gasteiger partial charge on any atom is -0.356 e. The Kier molecular flexibility index (Phi) is 5.96. The van der Waals surface area contributed by atoms with E-state index in [4.69, 9.17) is 16.3 Å². The number of aromatic nitrogens is 3. The van der Waals surface area contributed by atoms with Crippen LogP contribution < -0.4 is 5.32 Å². The fraction of sp³-hybridized carbons (Fsp3) is 0.333. The summed E-state index contributed by atoms with van der Waals surface area (Å²) in [6.07, 6.45) is 2.51. The van der Waals surface area contributed by atoms with Gasteiger partial charge in [0.1, 0.15) is 12.4 Å². The third-order valence-corrected chi connectivity index (χ3v) is 5.47. The molecule has 3 aromatic rings. The number of hydrogen-bond donors (Lipinski definition) is 1. The maximum absolute atomic E-state index is 12.8. The van der Waals surface area contributed by atoms with E-state index < -0.39 is 12.1 Å². The predicted octanol–water partition coefficient (Wildman–Crippen LogP) is 2.03. The molecule has 4 rings (SSSR count). The Balaban J connectivity index is 1.38. The first-order valence-electron chi connectivity index (χ1n) is 9.73. The van der Waals surface area contributed by atoms with Crippen LogP contribution in [0.5, 0.6) is 0 Å². The van der Waals surface area contributed by atoms with Crippen LogP contribution in [-0.4, -0.2) is 57.6 Å². The molecule has 1 aliphatic rings. The molecule has 0 bridgehead atoms. The molecule has 1 aliphatic heterocycles. The Bertz CT molecular complexity index is 1050. The molecule has 1 saturated heterocycles. The molecule has 2 aromatic heterocycles. The van der Waals surface area contributed by atoms with E-state index in [-0.39, 0.29) is 18.4 Å². The molecule has 3 heterocycles. The zero-order valence-corrected chi connectivity index (χ0v) is 17.2. The van der Waals surface area contributed by atoms with Crippen LogP contribution in [0.1, 0.15) is 23.9 Å². The highest BCUT2D eigenvalue weighted by molar-refractivity contribution is 6.30. The number of nitrogens with zero attached hydrogens (tertiary/aromatic N) is 4. The Morgan fingerprint density at radius 1 is 1.23 bits per heavy atom. The van der Waals surface area contributed by atoms with Gasteiger partial charge < -0.3 is 15.0 Å². The van der Waals surface area contributed by atoms with Crippen LogP contribution in [0, 0.1) is 0 Å². The Morgan fingerprint density at radius 3 is 2.83 bits per heavy atom. The molecular formula is C21H22ClN5O3. The second kappa shape index (κ2) is 8.81. The van der Waals surface area contributed by atoms with Gasteiger partial charge in [0.2, 0.25) is 5.91 Å². The van der Waals surface area contributed by atoms with Gasteiger partial charge in [-0.05, 0) is 36.2 Å². The number of rotatable bonds is 6. The quantitative estimate of drug-likeness (QED) is 0.608. The third-order valence-electron chi connectivity index (χ3n) is 5.21. The van der Waals surface area contributed by atoms with E-state index in [9.17, 15) is 9.59 Å². The number of amides is 2. The number of carbonyl (C=O) groups is 2. The molecule has 8 nitrogen and oxygen atoms in total. The lowest BCUT2D eigenvalue weighted by atomic mass is 9.97. The van der Waals surface area contributed by atoms with E-state index in [1.807, 2.05) is 40.9 Å². The zero-order valence-electron chi connectivity index (χ0n) is 16.5. The van der Waals surface area contributed by atoms with Crippen molar-refractivity contribution in [2.45, 2.75) is 25.0 Å². The van der Waals surface area contributed by atoms with Crippen molar-refractivity contribution >= 4 is 29.1 Å². The Hall–Kier alpha value is -2.97. The Morgan fingerprint density at radius 2 is 2.03 bits per heavy atom. The summed E-state index contributed by atoms with van der Waals surface area (Å²) in [4.78, 5) is 26.5. The first kappa shape index (κ1) is 20.3.